The lowest BCUT2D eigenvalue weighted by Gasteiger charge is -2.15. The first kappa shape index (κ1) is 18.6. The number of hydrogen-bond acceptors (Lipinski definition) is 4. The third-order valence-electron chi connectivity index (χ3n) is 2.63. The summed E-state index contributed by atoms with van der Waals surface area (Å²) in [6.07, 6.45) is 0.884. The van der Waals surface area contributed by atoms with Gasteiger partial charge in [-0.25, -0.2) is 0 Å². The summed E-state index contributed by atoms with van der Waals surface area (Å²) in [5, 5.41) is 0. The molecule has 0 atom stereocenters. The predicted molar refractivity (Wildman–Crippen MR) is 87.7 cm³/mol. The minimum Gasteiger partial charge on any atom is -0.490 e. The summed E-state index contributed by atoms with van der Waals surface area (Å²) in [7, 11) is 1.68. The van der Waals surface area contributed by atoms with Gasteiger partial charge in [-0.05, 0) is 47.0 Å². The zero-order chi connectivity index (χ0) is 15.5. The molecule has 0 bridgehead atoms. The molecule has 0 fully saturated rings. The Balaban J connectivity index is 2.49. The Morgan fingerprint density at radius 2 is 1.90 bits per heavy atom. The second-order valence-corrected chi connectivity index (χ2v) is 5.40. The second kappa shape index (κ2) is 11.1. The van der Waals surface area contributed by atoms with E-state index < -0.39 is 0 Å². The summed E-state index contributed by atoms with van der Waals surface area (Å²) in [5.41, 5.74) is 0.982. The van der Waals surface area contributed by atoms with Gasteiger partial charge in [0.25, 0.3) is 0 Å². The van der Waals surface area contributed by atoms with Crippen LogP contribution in [0.2, 0.25) is 0 Å². The largest absolute Gasteiger partial charge is 0.490 e. The van der Waals surface area contributed by atoms with E-state index in [1.165, 1.54) is 0 Å². The van der Waals surface area contributed by atoms with Crippen LogP contribution in [0.3, 0.4) is 0 Å². The second-order valence-electron chi connectivity index (χ2n) is 4.28. The van der Waals surface area contributed by atoms with E-state index in [1.807, 2.05) is 19.1 Å². The zero-order valence-electron chi connectivity index (χ0n) is 12.5. The van der Waals surface area contributed by atoms with Crippen LogP contribution in [-0.4, -0.2) is 40.1 Å². The molecule has 0 spiro atoms. The Labute approximate surface area is 139 Å². The van der Waals surface area contributed by atoms with Crippen LogP contribution in [-0.2, 0) is 15.4 Å². The highest BCUT2D eigenvalue weighted by atomic mass is 79.9. The van der Waals surface area contributed by atoms with E-state index in [1.54, 1.807) is 7.11 Å². The number of alkyl halides is 1. The van der Waals surface area contributed by atoms with E-state index in [2.05, 4.69) is 15.9 Å². The highest BCUT2D eigenvalue weighted by molar-refractivity contribution is 9.10. The Morgan fingerprint density at radius 1 is 1.10 bits per heavy atom. The van der Waals surface area contributed by atoms with Crippen molar-refractivity contribution in [3.05, 3.63) is 22.2 Å². The third-order valence-corrected chi connectivity index (χ3v) is 3.53. The maximum atomic E-state index is 5.86. The minimum atomic E-state index is 0.432. The lowest BCUT2D eigenvalue weighted by atomic mass is 10.2. The normalized spacial score (nSPS) is 10.7. The van der Waals surface area contributed by atoms with Crippen molar-refractivity contribution in [2.45, 2.75) is 19.2 Å². The molecular weight excluding hydrogens is 360 g/mol. The number of halogens is 2. The molecule has 1 aromatic rings. The number of ether oxygens (including phenoxy) is 4. The molecule has 0 amide bonds. The molecule has 21 heavy (non-hydrogen) atoms. The van der Waals surface area contributed by atoms with E-state index in [-0.39, 0.29) is 0 Å². The van der Waals surface area contributed by atoms with Crippen molar-refractivity contribution in [1.29, 1.82) is 0 Å². The van der Waals surface area contributed by atoms with Crippen LogP contribution in [0.4, 0.5) is 0 Å². The third kappa shape index (κ3) is 6.87. The minimum absolute atomic E-state index is 0.432. The van der Waals surface area contributed by atoms with E-state index in [0.717, 1.165) is 16.5 Å². The fourth-order valence-corrected chi connectivity index (χ4v) is 2.47. The van der Waals surface area contributed by atoms with Crippen molar-refractivity contribution in [1.82, 2.24) is 0 Å². The fourth-order valence-electron chi connectivity index (χ4n) is 1.71. The molecule has 1 rings (SSSR count). The Bertz CT molecular complexity index is 415. The van der Waals surface area contributed by atoms with Crippen LogP contribution in [0.25, 0.3) is 0 Å². The number of benzene rings is 1. The van der Waals surface area contributed by atoms with Gasteiger partial charge in [0.05, 0.1) is 17.7 Å². The van der Waals surface area contributed by atoms with Crippen molar-refractivity contribution in [2.75, 3.05) is 40.1 Å². The maximum Gasteiger partial charge on any atom is 0.175 e. The lowest BCUT2D eigenvalue weighted by molar-refractivity contribution is 0.0796. The first-order valence-corrected chi connectivity index (χ1v) is 8.26. The van der Waals surface area contributed by atoms with Crippen molar-refractivity contribution < 1.29 is 18.9 Å². The molecule has 0 aromatic heterocycles. The Kier molecular flexibility index (Phi) is 9.83. The molecule has 120 valence electrons. The quantitative estimate of drug-likeness (QED) is 0.428. The Hall–Kier alpha value is -0.490. The molecule has 0 aliphatic heterocycles. The molecule has 0 aliphatic rings. The first-order chi connectivity index (χ1) is 10.2. The predicted octanol–water partition coefficient (Wildman–Crippen LogP) is 4.02. The number of methoxy groups -OCH3 is 1. The molecule has 1 aromatic carbocycles. The smallest absolute Gasteiger partial charge is 0.175 e. The maximum absolute atomic E-state index is 5.86. The van der Waals surface area contributed by atoms with Crippen molar-refractivity contribution >= 4 is 27.5 Å². The molecule has 0 radical (unpaired) electrons. The average Bonchev–Trinajstić information content (AvgIpc) is 2.48. The number of hydrogen-bond donors (Lipinski definition) is 0. The standard InChI is InChI=1S/C15H22BrClO4/c1-3-20-14-10-12(11-17)9-13(16)15(14)21-8-7-19-6-4-5-18-2/h9-10H,3-8,11H2,1-2H3. The van der Waals surface area contributed by atoms with Gasteiger partial charge < -0.3 is 18.9 Å². The van der Waals surface area contributed by atoms with Crippen LogP contribution < -0.4 is 9.47 Å². The van der Waals surface area contributed by atoms with E-state index >= 15 is 0 Å². The lowest BCUT2D eigenvalue weighted by Crippen LogP contribution is -2.10. The Morgan fingerprint density at radius 3 is 2.57 bits per heavy atom. The molecule has 0 unspecified atom stereocenters. The van der Waals surface area contributed by atoms with Gasteiger partial charge in [-0.15, -0.1) is 11.6 Å². The van der Waals surface area contributed by atoms with Gasteiger partial charge in [0, 0.05) is 26.2 Å². The van der Waals surface area contributed by atoms with Crippen LogP contribution in [0.15, 0.2) is 16.6 Å². The molecule has 0 saturated heterocycles. The van der Waals surface area contributed by atoms with Crippen LogP contribution >= 0.6 is 27.5 Å². The summed E-state index contributed by atoms with van der Waals surface area (Å²) in [6, 6.07) is 3.83. The molecule has 6 heteroatoms. The SMILES string of the molecule is CCOc1cc(CCl)cc(Br)c1OCCOCCCOC. The van der Waals surface area contributed by atoms with Gasteiger partial charge in [-0.1, -0.05) is 0 Å². The van der Waals surface area contributed by atoms with E-state index in [4.69, 9.17) is 30.5 Å². The highest BCUT2D eigenvalue weighted by Gasteiger charge is 2.12. The fraction of sp³-hybridized carbons (Fsp3) is 0.600. The van der Waals surface area contributed by atoms with E-state index in [9.17, 15) is 0 Å². The van der Waals surface area contributed by atoms with E-state index in [0.29, 0.717) is 50.4 Å². The molecule has 4 nitrogen and oxygen atoms in total. The molecule has 0 saturated carbocycles. The van der Waals surface area contributed by atoms with Crippen LogP contribution in [0, 0.1) is 0 Å². The molecule has 0 heterocycles. The van der Waals surface area contributed by atoms with Gasteiger partial charge in [0.1, 0.15) is 6.61 Å². The van der Waals surface area contributed by atoms with Crippen molar-refractivity contribution in [2.24, 2.45) is 0 Å². The van der Waals surface area contributed by atoms with Crippen molar-refractivity contribution in [3.8, 4) is 11.5 Å². The van der Waals surface area contributed by atoms with Gasteiger partial charge in [0.2, 0.25) is 0 Å². The van der Waals surface area contributed by atoms with Crippen LogP contribution in [0.5, 0.6) is 11.5 Å². The monoisotopic (exact) mass is 380 g/mol. The summed E-state index contributed by atoms with van der Waals surface area (Å²) in [6.45, 7) is 4.87. The van der Waals surface area contributed by atoms with Gasteiger partial charge in [0.15, 0.2) is 11.5 Å². The summed E-state index contributed by atoms with van der Waals surface area (Å²) >= 11 is 9.35. The van der Waals surface area contributed by atoms with Gasteiger partial charge in [-0.2, -0.15) is 0 Å². The highest BCUT2D eigenvalue weighted by Crippen LogP contribution is 2.37. The van der Waals surface area contributed by atoms with Gasteiger partial charge in [-0.3, -0.25) is 0 Å². The molecular formula is C15H22BrClO4. The van der Waals surface area contributed by atoms with Crippen molar-refractivity contribution in [3.63, 3.8) is 0 Å². The summed E-state index contributed by atoms with van der Waals surface area (Å²) in [5.74, 6) is 1.81. The molecule has 0 N–H and O–H groups in total. The first-order valence-electron chi connectivity index (χ1n) is 6.93. The average molecular weight is 382 g/mol. The zero-order valence-corrected chi connectivity index (χ0v) is 14.8. The molecule has 0 aliphatic carbocycles. The topological polar surface area (TPSA) is 36.9 Å². The summed E-state index contributed by atoms with van der Waals surface area (Å²) < 4.78 is 22.6. The summed E-state index contributed by atoms with van der Waals surface area (Å²) in [4.78, 5) is 0. The van der Waals surface area contributed by atoms with Gasteiger partial charge >= 0.3 is 0 Å². The number of rotatable bonds is 11. The van der Waals surface area contributed by atoms with Crippen LogP contribution in [0.1, 0.15) is 18.9 Å².